The molecule has 6 heteroatoms. The molecular weight excluding hydrogens is 330 g/mol. The molecule has 0 unspecified atom stereocenters. The molecule has 1 heterocycles. The van der Waals surface area contributed by atoms with Crippen LogP contribution in [-0.2, 0) is 11.2 Å². The Hall–Kier alpha value is -3.28. The first-order valence-corrected chi connectivity index (χ1v) is 8.36. The number of nitrogens with one attached hydrogen (secondary N) is 3. The second-order valence-corrected chi connectivity index (χ2v) is 5.99. The Morgan fingerprint density at radius 1 is 1.15 bits per heavy atom. The SMILES string of the molecule is COc1ccc2[nH]cc(CCNC(=O)c3cccc(NC(C)=O)c3)c2c1. The van der Waals surface area contributed by atoms with Gasteiger partial charge in [0.15, 0.2) is 0 Å². The lowest BCUT2D eigenvalue weighted by Gasteiger charge is -2.07. The molecule has 26 heavy (non-hydrogen) atoms. The quantitative estimate of drug-likeness (QED) is 0.638. The minimum absolute atomic E-state index is 0.169. The molecule has 134 valence electrons. The molecule has 2 amide bonds. The molecule has 2 aromatic carbocycles. The van der Waals surface area contributed by atoms with Gasteiger partial charge in [0, 0.05) is 41.8 Å². The minimum atomic E-state index is -0.172. The second kappa shape index (κ2) is 7.74. The Morgan fingerprint density at radius 2 is 2.00 bits per heavy atom. The van der Waals surface area contributed by atoms with Gasteiger partial charge in [0.05, 0.1) is 7.11 Å². The summed E-state index contributed by atoms with van der Waals surface area (Å²) in [5.74, 6) is 0.462. The van der Waals surface area contributed by atoms with Crippen LogP contribution >= 0.6 is 0 Å². The number of anilines is 1. The Balaban J connectivity index is 1.63. The van der Waals surface area contributed by atoms with E-state index in [9.17, 15) is 9.59 Å². The molecule has 0 bridgehead atoms. The molecule has 0 radical (unpaired) electrons. The third kappa shape index (κ3) is 4.03. The zero-order valence-electron chi connectivity index (χ0n) is 14.8. The number of hydrogen-bond donors (Lipinski definition) is 3. The van der Waals surface area contributed by atoms with E-state index in [0.717, 1.165) is 22.2 Å². The van der Waals surface area contributed by atoms with Crippen molar-refractivity contribution in [3.63, 3.8) is 0 Å². The summed E-state index contributed by atoms with van der Waals surface area (Å²) in [5, 5.41) is 6.68. The third-order valence-corrected chi connectivity index (χ3v) is 4.10. The van der Waals surface area contributed by atoms with E-state index in [2.05, 4.69) is 15.6 Å². The molecule has 0 spiro atoms. The zero-order valence-corrected chi connectivity index (χ0v) is 14.8. The number of carbonyl (C=O) groups is 2. The van der Waals surface area contributed by atoms with E-state index in [4.69, 9.17) is 4.74 Å². The average Bonchev–Trinajstić information content (AvgIpc) is 3.03. The van der Waals surface area contributed by atoms with E-state index < -0.39 is 0 Å². The normalized spacial score (nSPS) is 10.5. The zero-order chi connectivity index (χ0) is 18.5. The van der Waals surface area contributed by atoms with Gasteiger partial charge in [-0.2, -0.15) is 0 Å². The van der Waals surface area contributed by atoms with Crippen LogP contribution in [0.4, 0.5) is 5.69 Å². The lowest BCUT2D eigenvalue weighted by atomic mass is 10.1. The first kappa shape index (κ1) is 17.5. The fourth-order valence-electron chi connectivity index (χ4n) is 2.85. The summed E-state index contributed by atoms with van der Waals surface area (Å²) in [6.45, 7) is 1.94. The van der Waals surface area contributed by atoms with E-state index in [1.54, 1.807) is 31.4 Å². The highest BCUT2D eigenvalue weighted by Crippen LogP contribution is 2.23. The predicted octanol–water partition coefficient (Wildman–Crippen LogP) is 3.11. The van der Waals surface area contributed by atoms with E-state index in [-0.39, 0.29) is 11.8 Å². The summed E-state index contributed by atoms with van der Waals surface area (Å²) in [6, 6.07) is 12.7. The largest absolute Gasteiger partial charge is 0.497 e. The van der Waals surface area contributed by atoms with Gasteiger partial charge in [0.2, 0.25) is 5.91 Å². The fraction of sp³-hybridized carbons (Fsp3) is 0.200. The fourth-order valence-corrected chi connectivity index (χ4v) is 2.85. The number of H-pyrrole nitrogens is 1. The van der Waals surface area contributed by atoms with Crippen LogP contribution in [0.2, 0.25) is 0 Å². The molecule has 1 aromatic heterocycles. The predicted molar refractivity (Wildman–Crippen MR) is 102 cm³/mol. The van der Waals surface area contributed by atoms with Gasteiger partial charge in [-0.25, -0.2) is 0 Å². The number of aromatic amines is 1. The number of aromatic nitrogens is 1. The van der Waals surface area contributed by atoms with Crippen molar-refractivity contribution < 1.29 is 14.3 Å². The van der Waals surface area contributed by atoms with Gasteiger partial charge >= 0.3 is 0 Å². The van der Waals surface area contributed by atoms with Gasteiger partial charge in [0.1, 0.15) is 5.75 Å². The first-order chi connectivity index (χ1) is 12.6. The highest BCUT2D eigenvalue weighted by atomic mass is 16.5. The molecule has 3 rings (SSSR count). The smallest absolute Gasteiger partial charge is 0.251 e. The molecule has 3 aromatic rings. The maximum atomic E-state index is 12.3. The van der Waals surface area contributed by atoms with Crippen LogP contribution in [0.25, 0.3) is 10.9 Å². The van der Waals surface area contributed by atoms with Crippen molar-refractivity contribution in [3.8, 4) is 5.75 Å². The number of fused-ring (bicyclic) bond motifs is 1. The van der Waals surface area contributed by atoms with Gasteiger partial charge in [-0.15, -0.1) is 0 Å². The minimum Gasteiger partial charge on any atom is -0.497 e. The molecule has 0 aliphatic rings. The van der Waals surface area contributed by atoms with Crippen molar-refractivity contribution in [1.29, 1.82) is 0 Å². The van der Waals surface area contributed by atoms with E-state index in [1.165, 1.54) is 6.92 Å². The average molecular weight is 351 g/mol. The molecule has 6 nitrogen and oxygen atoms in total. The topological polar surface area (TPSA) is 83.2 Å². The van der Waals surface area contributed by atoms with Crippen LogP contribution in [0.3, 0.4) is 0 Å². The number of rotatable bonds is 6. The standard InChI is InChI=1S/C20H21N3O3/c1-13(24)23-16-5-3-4-14(10-16)20(25)21-9-8-15-12-22-19-7-6-17(26-2)11-18(15)19/h3-7,10-12,22H,8-9H2,1-2H3,(H,21,25)(H,23,24). The molecule has 0 aliphatic heterocycles. The van der Waals surface area contributed by atoms with Crippen molar-refractivity contribution in [2.45, 2.75) is 13.3 Å². The van der Waals surface area contributed by atoms with Gasteiger partial charge in [-0.1, -0.05) is 6.07 Å². The van der Waals surface area contributed by atoms with E-state index in [1.807, 2.05) is 24.4 Å². The molecular formula is C20H21N3O3. The van der Waals surface area contributed by atoms with Crippen molar-refractivity contribution in [2.24, 2.45) is 0 Å². The number of hydrogen-bond acceptors (Lipinski definition) is 3. The molecule has 3 N–H and O–H groups in total. The Morgan fingerprint density at radius 3 is 2.77 bits per heavy atom. The summed E-state index contributed by atoms with van der Waals surface area (Å²) in [6.07, 6.45) is 2.65. The van der Waals surface area contributed by atoms with Crippen molar-refractivity contribution in [2.75, 3.05) is 19.0 Å². The third-order valence-electron chi connectivity index (χ3n) is 4.10. The van der Waals surface area contributed by atoms with Gasteiger partial charge in [-0.3, -0.25) is 9.59 Å². The molecule has 0 saturated heterocycles. The summed E-state index contributed by atoms with van der Waals surface area (Å²) >= 11 is 0. The van der Waals surface area contributed by atoms with Crippen LogP contribution < -0.4 is 15.4 Å². The summed E-state index contributed by atoms with van der Waals surface area (Å²) in [5.41, 5.74) is 3.27. The van der Waals surface area contributed by atoms with Crippen molar-refractivity contribution in [1.82, 2.24) is 10.3 Å². The Labute approximate surface area is 151 Å². The number of carbonyl (C=O) groups excluding carboxylic acids is 2. The van der Waals surface area contributed by atoms with Crippen molar-refractivity contribution >= 4 is 28.4 Å². The second-order valence-electron chi connectivity index (χ2n) is 5.99. The number of benzene rings is 2. The summed E-state index contributed by atoms with van der Waals surface area (Å²) in [4.78, 5) is 26.7. The van der Waals surface area contributed by atoms with Gasteiger partial charge in [0.25, 0.3) is 5.91 Å². The monoisotopic (exact) mass is 351 g/mol. The summed E-state index contributed by atoms with van der Waals surface area (Å²) in [7, 11) is 1.64. The van der Waals surface area contributed by atoms with Gasteiger partial charge in [-0.05, 0) is 48.4 Å². The Kier molecular flexibility index (Phi) is 5.22. The lowest BCUT2D eigenvalue weighted by Crippen LogP contribution is -2.25. The molecule has 0 saturated carbocycles. The number of ether oxygens (including phenoxy) is 1. The maximum absolute atomic E-state index is 12.3. The number of amides is 2. The lowest BCUT2D eigenvalue weighted by molar-refractivity contribution is -0.114. The van der Waals surface area contributed by atoms with Crippen LogP contribution in [0.1, 0.15) is 22.8 Å². The van der Waals surface area contributed by atoms with E-state index in [0.29, 0.717) is 24.2 Å². The summed E-state index contributed by atoms with van der Waals surface area (Å²) < 4.78 is 5.27. The first-order valence-electron chi connectivity index (χ1n) is 8.36. The number of methoxy groups -OCH3 is 1. The maximum Gasteiger partial charge on any atom is 0.251 e. The van der Waals surface area contributed by atoms with Crippen LogP contribution in [0.5, 0.6) is 5.75 Å². The highest BCUT2D eigenvalue weighted by Gasteiger charge is 2.09. The van der Waals surface area contributed by atoms with Crippen molar-refractivity contribution in [3.05, 3.63) is 59.8 Å². The molecule has 0 fully saturated rings. The highest BCUT2D eigenvalue weighted by molar-refractivity contribution is 5.96. The van der Waals surface area contributed by atoms with Crippen LogP contribution in [0.15, 0.2) is 48.7 Å². The van der Waals surface area contributed by atoms with Crippen LogP contribution in [0, 0.1) is 0 Å². The van der Waals surface area contributed by atoms with Gasteiger partial charge < -0.3 is 20.4 Å². The van der Waals surface area contributed by atoms with Crippen LogP contribution in [-0.4, -0.2) is 30.5 Å². The molecule has 0 aliphatic carbocycles. The molecule has 0 atom stereocenters. The van der Waals surface area contributed by atoms with E-state index >= 15 is 0 Å². The Bertz CT molecular complexity index is 946.